The van der Waals surface area contributed by atoms with Gasteiger partial charge in [-0.1, -0.05) is 38.5 Å². The van der Waals surface area contributed by atoms with Gasteiger partial charge in [-0.25, -0.2) is 0 Å². The zero-order valence-corrected chi connectivity index (χ0v) is 12.5. The first-order chi connectivity index (χ1) is 9.12. The molecule has 0 unspecified atom stereocenters. The van der Waals surface area contributed by atoms with Gasteiger partial charge in [0.2, 0.25) is 0 Å². The fourth-order valence-corrected chi connectivity index (χ4v) is 2.85. The van der Waals surface area contributed by atoms with E-state index < -0.39 is 0 Å². The topological polar surface area (TPSA) is 29.3 Å². The average Bonchev–Trinajstić information content (AvgIpc) is 2.44. The van der Waals surface area contributed by atoms with Crippen LogP contribution in [0.25, 0.3) is 0 Å². The third kappa shape index (κ3) is 3.97. The lowest BCUT2D eigenvalue weighted by atomic mass is 9.87. The van der Waals surface area contributed by atoms with Gasteiger partial charge >= 0.3 is 0 Å². The Morgan fingerprint density at radius 2 is 2.00 bits per heavy atom. The Hall–Kier alpha value is -1.02. The summed E-state index contributed by atoms with van der Waals surface area (Å²) in [6, 6.07) is 8.87. The molecule has 0 saturated heterocycles. The van der Waals surface area contributed by atoms with Crippen LogP contribution in [0.2, 0.25) is 0 Å². The second-order valence-corrected chi connectivity index (χ2v) is 6.54. The van der Waals surface area contributed by atoms with Gasteiger partial charge in [-0.15, -0.1) is 0 Å². The van der Waals surface area contributed by atoms with Crippen molar-refractivity contribution in [1.29, 1.82) is 0 Å². The number of hydrogen-bond acceptors (Lipinski definition) is 2. The van der Waals surface area contributed by atoms with Gasteiger partial charge < -0.3 is 10.6 Å². The number of hydrogen-bond donors (Lipinski definition) is 1. The SMILES string of the molecule is CC(C)(CN)CCCCN1CCCc2ccccc21. The first-order valence-electron chi connectivity index (χ1n) is 7.65. The molecule has 0 atom stereocenters. The molecule has 19 heavy (non-hydrogen) atoms. The van der Waals surface area contributed by atoms with Gasteiger partial charge in [-0.05, 0) is 49.3 Å². The molecular formula is C17H28N2. The predicted molar refractivity (Wildman–Crippen MR) is 83.7 cm³/mol. The van der Waals surface area contributed by atoms with Crippen LogP contribution < -0.4 is 10.6 Å². The molecule has 0 fully saturated rings. The summed E-state index contributed by atoms with van der Waals surface area (Å²) < 4.78 is 0. The normalized spacial score (nSPS) is 15.4. The highest BCUT2D eigenvalue weighted by molar-refractivity contribution is 5.55. The molecule has 1 aromatic rings. The molecule has 0 radical (unpaired) electrons. The van der Waals surface area contributed by atoms with Crippen LogP contribution in [-0.4, -0.2) is 19.6 Å². The van der Waals surface area contributed by atoms with E-state index in [0.717, 1.165) is 6.54 Å². The number of nitrogens with two attached hydrogens (primary N) is 1. The molecule has 2 heteroatoms. The summed E-state index contributed by atoms with van der Waals surface area (Å²) in [4.78, 5) is 2.56. The fourth-order valence-electron chi connectivity index (χ4n) is 2.85. The second kappa shape index (κ2) is 6.42. The van der Waals surface area contributed by atoms with Crippen LogP contribution in [-0.2, 0) is 6.42 Å². The zero-order valence-electron chi connectivity index (χ0n) is 12.5. The van der Waals surface area contributed by atoms with E-state index in [0.29, 0.717) is 5.41 Å². The highest BCUT2D eigenvalue weighted by Crippen LogP contribution is 2.27. The summed E-state index contributed by atoms with van der Waals surface area (Å²) in [7, 11) is 0. The molecule has 0 spiro atoms. The molecule has 1 aliphatic heterocycles. The Bertz CT molecular complexity index is 398. The fraction of sp³-hybridized carbons (Fsp3) is 0.647. The number of fused-ring (bicyclic) bond motifs is 1. The molecule has 0 aromatic heterocycles. The monoisotopic (exact) mass is 260 g/mol. The Kier molecular flexibility index (Phi) is 4.87. The lowest BCUT2D eigenvalue weighted by Gasteiger charge is -2.31. The van der Waals surface area contributed by atoms with E-state index in [4.69, 9.17) is 5.73 Å². The molecule has 2 nitrogen and oxygen atoms in total. The van der Waals surface area contributed by atoms with Crippen molar-refractivity contribution in [3.63, 3.8) is 0 Å². The average molecular weight is 260 g/mol. The number of anilines is 1. The minimum atomic E-state index is 0.305. The van der Waals surface area contributed by atoms with E-state index in [2.05, 4.69) is 43.0 Å². The van der Waals surface area contributed by atoms with E-state index in [1.807, 2.05) is 0 Å². The van der Waals surface area contributed by atoms with Gasteiger partial charge in [0.05, 0.1) is 0 Å². The minimum absolute atomic E-state index is 0.305. The van der Waals surface area contributed by atoms with Gasteiger partial charge in [0, 0.05) is 18.8 Å². The van der Waals surface area contributed by atoms with E-state index in [1.54, 1.807) is 0 Å². The van der Waals surface area contributed by atoms with Crippen molar-refractivity contribution in [1.82, 2.24) is 0 Å². The first-order valence-corrected chi connectivity index (χ1v) is 7.65. The van der Waals surface area contributed by atoms with Crippen LogP contribution in [0.4, 0.5) is 5.69 Å². The van der Waals surface area contributed by atoms with Gasteiger partial charge in [-0.3, -0.25) is 0 Å². The minimum Gasteiger partial charge on any atom is -0.371 e. The highest BCUT2D eigenvalue weighted by atomic mass is 15.1. The maximum Gasteiger partial charge on any atom is 0.0398 e. The summed E-state index contributed by atoms with van der Waals surface area (Å²) in [5.74, 6) is 0. The summed E-state index contributed by atoms with van der Waals surface area (Å²) in [5.41, 5.74) is 9.08. The molecule has 1 aromatic carbocycles. The van der Waals surface area contributed by atoms with Crippen molar-refractivity contribution in [2.24, 2.45) is 11.1 Å². The van der Waals surface area contributed by atoms with Crippen LogP contribution in [0.15, 0.2) is 24.3 Å². The molecule has 0 aliphatic carbocycles. The molecule has 106 valence electrons. The van der Waals surface area contributed by atoms with Gasteiger partial charge in [0.1, 0.15) is 0 Å². The predicted octanol–water partition coefficient (Wildman–Crippen LogP) is 3.59. The van der Waals surface area contributed by atoms with Crippen LogP contribution in [0.5, 0.6) is 0 Å². The standard InChI is InChI=1S/C17H28N2/c1-17(2,14-18)11-5-6-12-19-13-7-9-15-8-3-4-10-16(15)19/h3-4,8,10H,5-7,9,11-14,18H2,1-2H3. The van der Waals surface area contributed by atoms with E-state index in [-0.39, 0.29) is 0 Å². The number of para-hydroxylation sites is 1. The molecule has 0 bridgehead atoms. The number of rotatable bonds is 6. The molecule has 2 N–H and O–H groups in total. The van der Waals surface area contributed by atoms with E-state index in [9.17, 15) is 0 Å². The summed E-state index contributed by atoms with van der Waals surface area (Å²) >= 11 is 0. The van der Waals surface area contributed by atoms with Crippen molar-refractivity contribution < 1.29 is 0 Å². The third-order valence-corrected chi connectivity index (χ3v) is 4.29. The Labute approximate surface area is 118 Å². The largest absolute Gasteiger partial charge is 0.371 e. The van der Waals surface area contributed by atoms with Gasteiger partial charge in [-0.2, -0.15) is 0 Å². The van der Waals surface area contributed by atoms with Crippen LogP contribution in [0.1, 0.15) is 45.1 Å². The van der Waals surface area contributed by atoms with Gasteiger partial charge in [0.25, 0.3) is 0 Å². The number of benzene rings is 1. The van der Waals surface area contributed by atoms with E-state index >= 15 is 0 Å². The third-order valence-electron chi connectivity index (χ3n) is 4.29. The Balaban J connectivity index is 1.82. The first kappa shape index (κ1) is 14.4. The molecular weight excluding hydrogens is 232 g/mol. The summed E-state index contributed by atoms with van der Waals surface area (Å²) in [5, 5.41) is 0. The molecule has 1 heterocycles. The van der Waals surface area contributed by atoms with Crippen molar-refractivity contribution in [3.8, 4) is 0 Å². The number of unbranched alkanes of at least 4 members (excludes halogenated alkanes) is 1. The summed E-state index contributed by atoms with van der Waals surface area (Å²) in [6.07, 6.45) is 6.33. The van der Waals surface area contributed by atoms with Crippen LogP contribution >= 0.6 is 0 Å². The lowest BCUT2D eigenvalue weighted by Crippen LogP contribution is -2.30. The molecule has 2 rings (SSSR count). The summed E-state index contributed by atoms with van der Waals surface area (Å²) in [6.45, 7) is 7.74. The van der Waals surface area contributed by atoms with Crippen molar-refractivity contribution in [2.45, 2.75) is 46.0 Å². The number of aryl methyl sites for hydroxylation is 1. The Morgan fingerprint density at radius 1 is 1.21 bits per heavy atom. The molecule has 0 saturated carbocycles. The smallest absolute Gasteiger partial charge is 0.0398 e. The highest BCUT2D eigenvalue weighted by Gasteiger charge is 2.17. The van der Waals surface area contributed by atoms with E-state index in [1.165, 1.54) is 56.4 Å². The zero-order chi connectivity index (χ0) is 13.7. The molecule has 0 amide bonds. The quantitative estimate of drug-likeness (QED) is 0.792. The van der Waals surface area contributed by atoms with Crippen molar-refractivity contribution in [3.05, 3.63) is 29.8 Å². The van der Waals surface area contributed by atoms with Crippen molar-refractivity contribution in [2.75, 3.05) is 24.5 Å². The maximum atomic E-state index is 5.78. The Morgan fingerprint density at radius 3 is 2.79 bits per heavy atom. The van der Waals surface area contributed by atoms with Crippen LogP contribution in [0.3, 0.4) is 0 Å². The molecule has 1 aliphatic rings. The second-order valence-electron chi connectivity index (χ2n) is 6.54. The van der Waals surface area contributed by atoms with Crippen molar-refractivity contribution >= 4 is 5.69 Å². The maximum absolute atomic E-state index is 5.78. The van der Waals surface area contributed by atoms with Gasteiger partial charge in [0.15, 0.2) is 0 Å². The van der Waals surface area contributed by atoms with Crippen LogP contribution in [0, 0.1) is 5.41 Å². The lowest BCUT2D eigenvalue weighted by molar-refractivity contribution is 0.333. The number of nitrogens with zero attached hydrogens (tertiary/aromatic N) is 1.